The first kappa shape index (κ1) is 9.38. The standard InChI is InChI=1S/C12H13FO/c13-11-6-4-9(5-7-11)10-2-1-3-12(14)8-10/h4-7,10H,1-3,8H2. The molecule has 0 heterocycles. The minimum absolute atomic E-state index is 0.212. The molecule has 1 aliphatic rings. The number of ketones is 1. The molecular weight excluding hydrogens is 179 g/mol. The second kappa shape index (κ2) is 3.91. The predicted molar refractivity (Wildman–Crippen MR) is 52.6 cm³/mol. The van der Waals surface area contributed by atoms with E-state index in [1.165, 1.54) is 12.1 Å². The van der Waals surface area contributed by atoms with Crippen LogP contribution in [0.1, 0.15) is 37.2 Å². The van der Waals surface area contributed by atoms with E-state index >= 15 is 0 Å². The Bertz CT molecular complexity index is 329. The summed E-state index contributed by atoms with van der Waals surface area (Å²) in [6.07, 6.45) is 3.38. The van der Waals surface area contributed by atoms with E-state index in [4.69, 9.17) is 0 Å². The van der Waals surface area contributed by atoms with Gasteiger partial charge in [0.2, 0.25) is 0 Å². The van der Waals surface area contributed by atoms with Crippen LogP contribution in [0.2, 0.25) is 0 Å². The molecule has 0 radical (unpaired) electrons. The van der Waals surface area contributed by atoms with E-state index in [0.717, 1.165) is 24.8 Å². The number of carbonyl (C=O) groups excluding carboxylic acids is 1. The number of halogens is 1. The molecule has 0 aliphatic heterocycles. The molecule has 0 aromatic heterocycles. The first-order valence-corrected chi connectivity index (χ1v) is 5.03. The van der Waals surface area contributed by atoms with Gasteiger partial charge in [-0.05, 0) is 36.5 Å². The van der Waals surface area contributed by atoms with E-state index in [1.807, 2.05) is 0 Å². The van der Waals surface area contributed by atoms with E-state index in [-0.39, 0.29) is 5.82 Å². The highest BCUT2D eigenvalue weighted by Crippen LogP contribution is 2.30. The minimum atomic E-state index is -0.212. The number of hydrogen-bond acceptors (Lipinski definition) is 1. The number of hydrogen-bond donors (Lipinski definition) is 0. The van der Waals surface area contributed by atoms with Crippen LogP contribution in [0.5, 0.6) is 0 Å². The fourth-order valence-corrected chi connectivity index (χ4v) is 2.04. The summed E-state index contributed by atoms with van der Waals surface area (Å²) in [5, 5.41) is 0. The topological polar surface area (TPSA) is 17.1 Å². The van der Waals surface area contributed by atoms with Crippen LogP contribution < -0.4 is 0 Å². The summed E-state index contributed by atoms with van der Waals surface area (Å²) >= 11 is 0. The summed E-state index contributed by atoms with van der Waals surface area (Å²) in [7, 11) is 0. The van der Waals surface area contributed by atoms with Crippen molar-refractivity contribution in [2.45, 2.75) is 31.6 Å². The third kappa shape index (κ3) is 2.00. The number of carbonyl (C=O) groups is 1. The molecule has 1 saturated carbocycles. The van der Waals surface area contributed by atoms with Crippen LogP contribution in [0.4, 0.5) is 4.39 Å². The maximum absolute atomic E-state index is 12.7. The van der Waals surface area contributed by atoms with Gasteiger partial charge in [-0.15, -0.1) is 0 Å². The Balaban J connectivity index is 2.14. The van der Waals surface area contributed by atoms with Crippen molar-refractivity contribution < 1.29 is 9.18 Å². The number of rotatable bonds is 1. The van der Waals surface area contributed by atoms with E-state index in [0.29, 0.717) is 18.1 Å². The van der Waals surface area contributed by atoms with Gasteiger partial charge in [-0.3, -0.25) is 4.79 Å². The van der Waals surface area contributed by atoms with Crippen LogP contribution in [0.15, 0.2) is 24.3 Å². The fourth-order valence-electron chi connectivity index (χ4n) is 2.04. The summed E-state index contributed by atoms with van der Waals surface area (Å²) in [6.45, 7) is 0. The van der Waals surface area contributed by atoms with Crippen molar-refractivity contribution in [3.05, 3.63) is 35.6 Å². The van der Waals surface area contributed by atoms with Crippen molar-refractivity contribution in [2.24, 2.45) is 0 Å². The van der Waals surface area contributed by atoms with E-state index in [1.54, 1.807) is 12.1 Å². The summed E-state index contributed by atoms with van der Waals surface area (Å²) in [5.74, 6) is 0.443. The zero-order valence-electron chi connectivity index (χ0n) is 8.00. The lowest BCUT2D eigenvalue weighted by Gasteiger charge is -2.20. The maximum atomic E-state index is 12.7. The Hall–Kier alpha value is -1.18. The van der Waals surface area contributed by atoms with Gasteiger partial charge in [0.1, 0.15) is 11.6 Å². The summed E-state index contributed by atoms with van der Waals surface area (Å²) in [6, 6.07) is 6.51. The molecular formula is C12H13FO. The lowest BCUT2D eigenvalue weighted by Crippen LogP contribution is -2.13. The minimum Gasteiger partial charge on any atom is -0.300 e. The average molecular weight is 192 g/mol. The zero-order chi connectivity index (χ0) is 9.97. The lowest BCUT2D eigenvalue weighted by atomic mass is 9.83. The number of benzene rings is 1. The average Bonchev–Trinajstić information content (AvgIpc) is 2.19. The van der Waals surface area contributed by atoms with Crippen molar-refractivity contribution in [1.82, 2.24) is 0 Å². The van der Waals surface area contributed by atoms with Crippen molar-refractivity contribution in [2.75, 3.05) is 0 Å². The molecule has 2 rings (SSSR count). The van der Waals surface area contributed by atoms with Crippen molar-refractivity contribution in [3.8, 4) is 0 Å². The van der Waals surface area contributed by atoms with Crippen LogP contribution in [0, 0.1) is 5.82 Å². The van der Waals surface area contributed by atoms with Crippen LogP contribution in [0.3, 0.4) is 0 Å². The van der Waals surface area contributed by atoms with Crippen molar-refractivity contribution >= 4 is 5.78 Å². The van der Waals surface area contributed by atoms with Gasteiger partial charge in [0.15, 0.2) is 0 Å². The van der Waals surface area contributed by atoms with Gasteiger partial charge < -0.3 is 0 Å². The molecule has 74 valence electrons. The first-order chi connectivity index (χ1) is 6.75. The molecule has 1 aromatic rings. The van der Waals surface area contributed by atoms with E-state index in [2.05, 4.69) is 0 Å². The third-order valence-corrected chi connectivity index (χ3v) is 2.82. The second-order valence-corrected chi connectivity index (χ2v) is 3.88. The quantitative estimate of drug-likeness (QED) is 0.668. The Kier molecular flexibility index (Phi) is 2.62. The molecule has 0 spiro atoms. The predicted octanol–water partition coefficient (Wildman–Crippen LogP) is 3.05. The summed E-state index contributed by atoms with van der Waals surface area (Å²) < 4.78 is 12.7. The molecule has 0 amide bonds. The molecule has 1 atom stereocenters. The fraction of sp³-hybridized carbons (Fsp3) is 0.417. The van der Waals surface area contributed by atoms with E-state index < -0.39 is 0 Å². The number of Topliss-reactive ketones (excluding diaryl/α,β-unsaturated/α-hetero) is 1. The molecule has 0 bridgehead atoms. The molecule has 14 heavy (non-hydrogen) atoms. The van der Waals surface area contributed by atoms with E-state index in [9.17, 15) is 9.18 Å². The molecule has 0 N–H and O–H groups in total. The second-order valence-electron chi connectivity index (χ2n) is 3.88. The van der Waals surface area contributed by atoms with Gasteiger partial charge in [-0.2, -0.15) is 0 Å². The van der Waals surface area contributed by atoms with Gasteiger partial charge in [0, 0.05) is 12.8 Å². The van der Waals surface area contributed by atoms with Crippen LogP contribution >= 0.6 is 0 Å². The smallest absolute Gasteiger partial charge is 0.133 e. The van der Waals surface area contributed by atoms with Crippen LogP contribution in [0.25, 0.3) is 0 Å². The Morgan fingerprint density at radius 3 is 2.57 bits per heavy atom. The van der Waals surface area contributed by atoms with Crippen molar-refractivity contribution in [3.63, 3.8) is 0 Å². The summed E-state index contributed by atoms with van der Waals surface area (Å²) in [4.78, 5) is 11.2. The van der Waals surface area contributed by atoms with Crippen LogP contribution in [-0.4, -0.2) is 5.78 Å². The highest BCUT2D eigenvalue weighted by Gasteiger charge is 2.20. The molecule has 1 unspecified atom stereocenters. The van der Waals surface area contributed by atoms with Crippen molar-refractivity contribution in [1.29, 1.82) is 0 Å². The van der Waals surface area contributed by atoms with Gasteiger partial charge in [-0.25, -0.2) is 4.39 Å². The molecule has 2 heteroatoms. The molecule has 1 fully saturated rings. The maximum Gasteiger partial charge on any atom is 0.133 e. The molecule has 1 aromatic carbocycles. The molecule has 0 saturated heterocycles. The summed E-state index contributed by atoms with van der Waals surface area (Å²) in [5.41, 5.74) is 1.10. The van der Waals surface area contributed by atoms with Gasteiger partial charge in [0.25, 0.3) is 0 Å². The Labute approximate surface area is 82.9 Å². The highest BCUT2D eigenvalue weighted by atomic mass is 19.1. The Morgan fingerprint density at radius 1 is 1.21 bits per heavy atom. The lowest BCUT2D eigenvalue weighted by molar-refractivity contribution is -0.120. The third-order valence-electron chi connectivity index (χ3n) is 2.82. The Morgan fingerprint density at radius 2 is 1.93 bits per heavy atom. The monoisotopic (exact) mass is 192 g/mol. The molecule has 1 aliphatic carbocycles. The van der Waals surface area contributed by atoms with Gasteiger partial charge in [0.05, 0.1) is 0 Å². The highest BCUT2D eigenvalue weighted by molar-refractivity contribution is 5.80. The normalized spacial score (nSPS) is 22.4. The van der Waals surface area contributed by atoms with Gasteiger partial charge >= 0.3 is 0 Å². The SMILES string of the molecule is O=C1CCCC(c2ccc(F)cc2)C1. The zero-order valence-corrected chi connectivity index (χ0v) is 8.00. The van der Waals surface area contributed by atoms with Gasteiger partial charge in [-0.1, -0.05) is 12.1 Å². The first-order valence-electron chi connectivity index (χ1n) is 5.03. The largest absolute Gasteiger partial charge is 0.300 e. The molecule has 1 nitrogen and oxygen atoms in total. The van der Waals surface area contributed by atoms with Crippen LogP contribution in [-0.2, 0) is 4.79 Å².